The van der Waals surface area contributed by atoms with Crippen molar-refractivity contribution in [3.63, 3.8) is 0 Å². The second-order valence-electron chi connectivity index (χ2n) is 7.02. The summed E-state index contributed by atoms with van der Waals surface area (Å²) >= 11 is 0. The van der Waals surface area contributed by atoms with Crippen molar-refractivity contribution in [2.24, 2.45) is 0 Å². The second-order valence-corrected chi connectivity index (χ2v) is 7.02. The lowest BCUT2D eigenvalue weighted by atomic mass is 9.84. The number of benzene rings is 2. The van der Waals surface area contributed by atoms with Gasteiger partial charge < -0.3 is 10.6 Å². The molecule has 136 valence electrons. The second kappa shape index (κ2) is 8.17. The SMILES string of the molecule is CNC(=O)c1ccc(NC(=O)c2ccc(C3CCCCC3)cc2)c(C)c1. The molecule has 4 heteroatoms. The van der Waals surface area contributed by atoms with Gasteiger partial charge in [0.15, 0.2) is 0 Å². The Bertz CT molecular complexity index is 790. The van der Waals surface area contributed by atoms with E-state index in [4.69, 9.17) is 0 Å². The van der Waals surface area contributed by atoms with Crippen molar-refractivity contribution < 1.29 is 9.59 Å². The maximum Gasteiger partial charge on any atom is 0.255 e. The molecule has 1 saturated carbocycles. The van der Waals surface area contributed by atoms with Gasteiger partial charge in [0, 0.05) is 23.9 Å². The molecule has 2 aromatic rings. The van der Waals surface area contributed by atoms with Crippen LogP contribution in [0.2, 0.25) is 0 Å². The molecule has 0 aliphatic heterocycles. The van der Waals surface area contributed by atoms with Crippen LogP contribution >= 0.6 is 0 Å². The Kier molecular flexibility index (Phi) is 5.71. The van der Waals surface area contributed by atoms with Gasteiger partial charge in [-0.05, 0) is 67.1 Å². The van der Waals surface area contributed by atoms with Crippen LogP contribution in [0.5, 0.6) is 0 Å². The van der Waals surface area contributed by atoms with E-state index in [0.717, 1.165) is 11.3 Å². The standard InChI is InChI=1S/C22H26N2O2/c1-15-14-19(21(25)23-2)12-13-20(15)24-22(26)18-10-8-17(9-11-18)16-6-4-3-5-7-16/h8-14,16H,3-7H2,1-2H3,(H,23,25)(H,24,26). The number of hydrogen-bond acceptors (Lipinski definition) is 2. The van der Waals surface area contributed by atoms with Crippen LogP contribution in [0.4, 0.5) is 5.69 Å². The molecule has 0 atom stereocenters. The lowest BCUT2D eigenvalue weighted by molar-refractivity contribution is 0.0962. The molecule has 2 aromatic carbocycles. The zero-order valence-electron chi connectivity index (χ0n) is 15.5. The minimum atomic E-state index is -0.135. The topological polar surface area (TPSA) is 58.2 Å². The summed E-state index contributed by atoms with van der Waals surface area (Å²) in [5, 5.41) is 5.54. The Balaban J connectivity index is 1.69. The van der Waals surface area contributed by atoms with Gasteiger partial charge in [0.25, 0.3) is 11.8 Å². The van der Waals surface area contributed by atoms with E-state index in [-0.39, 0.29) is 11.8 Å². The summed E-state index contributed by atoms with van der Waals surface area (Å²) in [6, 6.07) is 13.3. The molecule has 1 aliphatic carbocycles. The highest BCUT2D eigenvalue weighted by molar-refractivity contribution is 6.05. The number of anilines is 1. The first-order valence-corrected chi connectivity index (χ1v) is 9.32. The molecule has 0 heterocycles. The van der Waals surface area contributed by atoms with Gasteiger partial charge in [-0.2, -0.15) is 0 Å². The molecule has 2 N–H and O–H groups in total. The van der Waals surface area contributed by atoms with Crippen LogP contribution in [0.3, 0.4) is 0 Å². The Hall–Kier alpha value is -2.62. The number of aryl methyl sites for hydroxylation is 1. The van der Waals surface area contributed by atoms with Gasteiger partial charge in [0.05, 0.1) is 0 Å². The van der Waals surface area contributed by atoms with Crippen molar-refractivity contribution in [2.45, 2.75) is 44.9 Å². The quantitative estimate of drug-likeness (QED) is 0.843. The van der Waals surface area contributed by atoms with E-state index in [2.05, 4.69) is 22.8 Å². The molecule has 0 unspecified atom stereocenters. The molecule has 1 aliphatic rings. The predicted molar refractivity (Wildman–Crippen MR) is 105 cm³/mol. The maximum absolute atomic E-state index is 12.5. The van der Waals surface area contributed by atoms with E-state index in [1.807, 2.05) is 19.1 Å². The summed E-state index contributed by atoms with van der Waals surface area (Å²) in [5.74, 6) is 0.376. The van der Waals surface area contributed by atoms with Crippen LogP contribution in [0.25, 0.3) is 0 Å². The summed E-state index contributed by atoms with van der Waals surface area (Å²) in [5.41, 5.74) is 4.16. The van der Waals surface area contributed by atoms with Gasteiger partial charge in [-0.25, -0.2) is 0 Å². The minimum Gasteiger partial charge on any atom is -0.355 e. The molecule has 1 fully saturated rings. The largest absolute Gasteiger partial charge is 0.355 e. The van der Waals surface area contributed by atoms with Crippen molar-refractivity contribution in [2.75, 3.05) is 12.4 Å². The molecule has 0 radical (unpaired) electrons. The molecule has 4 nitrogen and oxygen atoms in total. The van der Waals surface area contributed by atoms with Crippen molar-refractivity contribution in [1.29, 1.82) is 0 Å². The van der Waals surface area contributed by atoms with Crippen molar-refractivity contribution in [3.05, 3.63) is 64.7 Å². The Morgan fingerprint density at radius 1 is 0.885 bits per heavy atom. The molecule has 0 aromatic heterocycles. The number of nitrogens with one attached hydrogen (secondary N) is 2. The van der Waals surface area contributed by atoms with E-state index in [0.29, 0.717) is 17.0 Å². The average molecular weight is 350 g/mol. The van der Waals surface area contributed by atoms with Gasteiger partial charge in [0.1, 0.15) is 0 Å². The molecule has 3 rings (SSSR count). The highest BCUT2D eigenvalue weighted by atomic mass is 16.2. The van der Waals surface area contributed by atoms with Gasteiger partial charge >= 0.3 is 0 Å². The molecule has 2 amide bonds. The maximum atomic E-state index is 12.5. The van der Waals surface area contributed by atoms with E-state index in [1.54, 1.807) is 25.2 Å². The van der Waals surface area contributed by atoms with Crippen LogP contribution in [0, 0.1) is 6.92 Å². The van der Waals surface area contributed by atoms with Crippen LogP contribution in [-0.4, -0.2) is 18.9 Å². The Labute approximate surface area is 155 Å². The molecule has 26 heavy (non-hydrogen) atoms. The summed E-state index contributed by atoms with van der Waals surface area (Å²) in [7, 11) is 1.60. The monoisotopic (exact) mass is 350 g/mol. The van der Waals surface area contributed by atoms with Crippen LogP contribution < -0.4 is 10.6 Å². The van der Waals surface area contributed by atoms with Crippen molar-refractivity contribution in [1.82, 2.24) is 5.32 Å². The van der Waals surface area contributed by atoms with Gasteiger partial charge in [0.2, 0.25) is 0 Å². The summed E-state index contributed by atoms with van der Waals surface area (Å²) in [4.78, 5) is 24.2. The first-order valence-electron chi connectivity index (χ1n) is 9.32. The fourth-order valence-corrected chi connectivity index (χ4v) is 3.63. The van der Waals surface area contributed by atoms with E-state index < -0.39 is 0 Å². The van der Waals surface area contributed by atoms with Crippen LogP contribution in [-0.2, 0) is 0 Å². The number of rotatable bonds is 4. The summed E-state index contributed by atoms with van der Waals surface area (Å²) in [6.45, 7) is 1.88. The zero-order valence-corrected chi connectivity index (χ0v) is 15.5. The lowest BCUT2D eigenvalue weighted by Gasteiger charge is -2.22. The van der Waals surface area contributed by atoms with E-state index in [9.17, 15) is 9.59 Å². The van der Waals surface area contributed by atoms with Crippen LogP contribution in [0.1, 0.15) is 69.9 Å². The number of hydrogen-bond donors (Lipinski definition) is 2. The third-order valence-electron chi connectivity index (χ3n) is 5.21. The van der Waals surface area contributed by atoms with Crippen molar-refractivity contribution in [3.8, 4) is 0 Å². The Morgan fingerprint density at radius 3 is 2.15 bits per heavy atom. The number of carbonyl (C=O) groups is 2. The van der Waals surface area contributed by atoms with Crippen LogP contribution in [0.15, 0.2) is 42.5 Å². The molecule has 0 bridgehead atoms. The minimum absolute atomic E-state index is 0.129. The molecule has 0 saturated heterocycles. The highest BCUT2D eigenvalue weighted by Gasteiger charge is 2.16. The molecular weight excluding hydrogens is 324 g/mol. The number of carbonyl (C=O) groups excluding carboxylic acids is 2. The molecular formula is C22H26N2O2. The third kappa shape index (κ3) is 4.13. The molecule has 0 spiro atoms. The van der Waals surface area contributed by atoms with Gasteiger partial charge in [-0.1, -0.05) is 31.4 Å². The summed E-state index contributed by atoms with van der Waals surface area (Å²) in [6.07, 6.45) is 6.45. The fourth-order valence-electron chi connectivity index (χ4n) is 3.63. The normalized spacial score (nSPS) is 14.7. The third-order valence-corrected chi connectivity index (χ3v) is 5.21. The lowest BCUT2D eigenvalue weighted by Crippen LogP contribution is -2.18. The van der Waals surface area contributed by atoms with Gasteiger partial charge in [-0.3, -0.25) is 9.59 Å². The van der Waals surface area contributed by atoms with Crippen molar-refractivity contribution >= 4 is 17.5 Å². The smallest absolute Gasteiger partial charge is 0.255 e. The van der Waals surface area contributed by atoms with E-state index >= 15 is 0 Å². The zero-order chi connectivity index (χ0) is 18.5. The predicted octanol–water partition coefficient (Wildman–Crippen LogP) is 4.65. The van der Waals surface area contributed by atoms with E-state index in [1.165, 1.54) is 37.7 Å². The highest BCUT2D eigenvalue weighted by Crippen LogP contribution is 2.32. The first kappa shape index (κ1) is 18.2. The number of amides is 2. The first-order chi connectivity index (χ1) is 12.6. The average Bonchev–Trinajstić information content (AvgIpc) is 2.69. The van der Waals surface area contributed by atoms with Gasteiger partial charge in [-0.15, -0.1) is 0 Å². The Morgan fingerprint density at radius 2 is 1.54 bits per heavy atom. The fraction of sp³-hybridized carbons (Fsp3) is 0.364. The summed E-state index contributed by atoms with van der Waals surface area (Å²) < 4.78 is 0.